The van der Waals surface area contributed by atoms with Crippen LogP contribution >= 0.6 is 23.2 Å². The minimum absolute atomic E-state index is 0.0319. The molecule has 1 aliphatic rings. The number of carbonyl (C=O) groups excluding carboxylic acids is 1. The summed E-state index contributed by atoms with van der Waals surface area (Å²) in [7, 11) is -3.76. The van der Waals surface area contributed by atoms with Crippen LogP contribution < -0.4 is 15.4 Å². The van der Waals surface area contributed by atoms with Crippen molar-refractivity contribution in [1.82, 2.24) is 4.72 Å². The van der Waals surface area contributed by atoms with E-state index in [0.717, 1.165) is 6.42 Å². The molecule has 0 atom stereocenters. The fraction of sp³-hybridized carbons (Fsp3) is 0.176. The van der Waals surface area contributed by atoms with Gasteiger partial charge in [-0.1, -0.05) is 29.3 Å². The van der Waals surface area contributed by atoms with E-state index >= 15 is 0 Å². The van der Waals surface area contributed by atoms with Crippen LogP contribution in [0.15, 0.2) is 52.4 Å². The summed E-state index contributed by atoms with van der Waals surface area (Å²) in [6, 6.07) is 10.1. The quantitative estimate of drug-likeness (QED) is 0.685. The van der Waals surface area contributed by atoms with Crippen LogP contribution in [-0.2, 0) is 10.0 Å². The number of sulfonamides is 1. The van der Waals surface area contributed by atoms with Crippen LogP contribution in [0.25, 0.3) is 0 Å². The molecule has 2 amide bonds. The highest BCUT2D eigenvalue weighted by atomic mass is 35.5. The molecule has 10 heteroatoms. The number of nitrogens with one attached hydrogen (secondary N) is 3. The second-order valence-electron chi connectivity index (χ2n) is 5.77. The molecule has 142 valence electrons. The third-order valence-corrected chi connectivity index (χ3v) is 5.82. The number of halogens is 2. The first kappa shape index (κ1) is 19.5. The molecule has 0 fully saturated rings. The highest BCUT2D eigenvalue weighted by Crippen LogP contribution is 2.25. The summed E-state index contributed by atoms with van der Waals surface area (Å²) in [5, 5.41) is 5.86. The van der Waals surface area contributed by atoms with Crippen molar-refractivity contribution < 1.29 is 13.2 Å². The maximum Gasteiger partial charge on any atom is 0.323 e. The van der Waals surface area contributed by atoms with Gasteiger partial charge in [0.25, 0.3) is 10.0 Å². The molecule has 3 rings (SSSR count). The molecule has 2 aromatic carbocycles. The molecule has 0 spiro atoms. The van der Waals surface area contributed by atoms with Crippen molar-refractivity contribution in [2.75, 3.05) is 17.2 Å². The first-order valence-electron chi connectivity index (χ1n) is 8.03. The highest BCUT2D eigenvalue weighted by Gasteiger charge is 2.18. The number of aliphatic imine (C=N–C) groups is 1. The van der Waals surface area contributed by atoms with Gasteiger partial charge in [-0.3, -0.25) is 9.71 Å². The van der Waals surface area contributed by atoms with Gasteiger partial charge in [0.2, 0.25) is 0 Å². The van der Waals surface area contributed by atoms with Gasteiger partial charge < -0.3 is 10.6 Å². The lowest BCUT2D eigenvalue weighted by atomic mass is 10.3. The van der Waals surface area contributed by atoms with Crippen molar-refractivity contribution in [2.45, 2.75) is 17.7 Å². The second-order valence-corrected chi connectivity index (χ2v) is 8.27. The molecule has 0 saturated heterocycles. The third-order valence-electron chi connectivity index (χ3n) is 3.71. The standard InChI is InChI=1S/C17H16Cl2N4O3S/c18-14-7-6-12(10-15(14)19)22-17(24)21-11-3-1-4-13(9-11)27(25,26)23-16-5-2-8-20-16/h1,3-4,6-7,9-10H,2,5,8H2,(H,20,23)(H2,21,22,24). The maximum absolute atomic E-state index is 12.4. The minimum Gasteiger partial charge on any atom is -0.308 e. The average molecular weight is 427 g/mol. The van der Waals surface area contributed by atoms with Gasteiger partial charge in [0.1, 0.15) is 5.84 Å². The van der Waals surface area contributed by atoms with Gasteiger partial charge >= 0.3 is 6.03 Å². The van der Waals surface area contributed by atoms with E-state index in [2.05, 4.69) is 20.3 Å². The molecule has 2 aromatic rings. The summed E-state index contributed by atoms with van der Waals surface area (Å²) < 4.78 is 27.3. The Morgan fingerprint density at radius 3 is 2.41 bits per heavy atom. The van der Waals surface area contributed by atoms with Crippen LogP contribution in [0.5, 0.6) is 0 Å². The van der Waals surface area contributed by atoms with Gasteiger partial charge in [-0.2, -0.15) is 0 Å². The van der Waals surface area contributed by atoms with Crippen LogP contribution in [0.3, 0.4) is 0 Å². The van der Waals surface area contributed by atoms with Crippen molar-refractivity contribution in [3.63, 3.8) is 0 Å². The van der Waals surface area contributed by atoms with Crippen LogP contribution in [0.2, 0.25) is 10.0 Å². The Morgan fingerprint density at radius 2 is 1.74 bits per heavy atom. The Bertz CT molecular complexity index is 1010. The fourth-order valence-electron chi connectivity index (χ4n) is 2.45. The molecule has 0 aromatic heterocycles. The Balaban J connectivity index is 1.69. The smallest absolute Gasteiger partial charge is 0.308 e. The monoisotopic (exact) mass is 426 g/mol. The second kappa shape index (κ2) is 8.16. The number of nitrogens with zero attached hydrogens (tertiary/aromatic N) is 1. The summed E-state index contributed by atoms with van der Waals surface area (Å²) in [4.78, 5) is 16.3. The molecule has 1 aliphatic heterocycles. The molecule has 0 radical (unpaired) electrons. The molecule has 0 bridgehead atoms. The van der Waals surface area contributed by atoms with Crippen molar-refractivity contribution in [2.24, 2.45) is 4.99 Å². The zero-order valence-electron chi connectivity index (χ0n) is 14.0. The van der Waals surface area contributed by atoms with Crippen molar-refractivity contribution in [1.29, 1.82) is 0 Å². The topological polar surface area (TPSA) is 99.7 Å². The summed E-state index contributed by atoms with van der Waals surface area (Å²) in [5.41, 5.74) is 0.774. The van der Waals surface area contributed by atoms with Crippen LogP contribution in [0.1, 0.15) is 12.8 Å². The number of amides is 2. The minimum atomic E-state index is -3.76. The SMILES string of the molecule is O=C(Nc1cccc(S(=O)(=O)NC2=NCCC2)c1)Nc1ccc(Cl)c(Cl)c1. The summed E-state index contributed by atoms with van der Waals surface area (Å²) in [6.45, 7) is 0.619. The van der Waals surface area contributed by atoms with Crippen LogP contribution in [-0.4, -0.2) is 26.8 Å². The van der Waals surface area contributed by atoms with E-state index < -0.39 is 16.1 Å². The lowest BCUT2D eigenvalue weighted by Gasteiger charge is -2.11. The lowest BCUT2D eigenvalue weighted by Crippen LogP contribution is -2.29. The third kappa shape index (κ3) is 5.12. The largest absolute Gasteiger partial charge is 0.323 e. The van der Waals surface area contributed by atoms with Gasteiger partial charge in [0.15, 0.2) is 0 Å². The van der Waals surface area contributed by atoms with Gasteiger partial charge in [-0.05, 0) is 42.8 Å². The molecular formula is C17H16Cl2N4O3S. The normalized spacial score (nSPS) is 13.8. The molecule has 3 N–H and O–H groups in total. The van der Waals surface area contributed by atoms with E-state index in [1.54, 1.807) is 24.3 Å². The lowest BCUT2D eigenvalue weighted by molar-refractivity contribution is 0.262. The Kier molecular flexibility index (Phi) is 5.88. The van der Waals surface area contributed by atoms with Crippen LogP contribution in [0.4, 0.5) is 16.2 Å². The van der Waals surface area contributed by atoms with Crippen molar-refractivity contribution in [3.05, 3.63) is 52.5 Å². The number of rotatable bonds is 4. The summed E-state index contributed by atoms with van der Waals surface area (Å²) in [6.07, 6.45) is 1.43. The van der Waals surface area contributed by atoms with Gasteiger partial charge in [0, 0.05) is 24.3 Å². The van der Waals surface area contributed by atoms with E-state index in [-0.39, 0.29) is 4.90 Å². The molecule has 1 heterocycles. The summed E-state index contributed by atoms with van der Waals surface area (Å²) in [5.74, 6) is 0.450. The molecule has 0 saturated carbocycles. The summed E-state index contributed by atoms with van der Waals surface area (Å²) >= 11 is 11.7. The molecular weight excluding hydrogens is 411 g/mol. The molecule has 0 aliphatic carbocycles. The van der Waals surface area contributed by atoms with Crippen molar-refractivity contribution >= 4 is 56.5 Å². The number of benzene rings is 2. The Labute approximate surface area is 166 Å². The zero-order chi connectivity index (χ0) is 19.4. The Hall–Kier alpha value is -2.29. The van der Waals surface area contributed by atoms with Gasteiger partial charge in [0.05, 0.1) is 14.9 Å². The number of hydrogen-bond donors (Lipinski definition) is 3. The van der Waals surface area contributed by atoms with Crippen LogP contribution in [0, 0.1) is 0 Å². The maximum atomic E-state index is 12.4. The first-order valence-corrected chi connectivity index (χ1v) is 10.3. The van der Waals surface area contributed by atoms with E-state index in [4.69, 9.17) is 23.2 Å². The fourth-order valence-corrected chi connectivity index (χ4v) is 3.88. The average Bonchev–Trinajstić information content (AvgIpc) is 3.10. The molecule has 0 unspecified atom stereocenters. The number of anilines is 2. The van der Waals surface area contributed by atoms with E-state index in [9.17, 15) is 13.2 Å². The van der Waals surface area contributed by atoms with Gasteiger partial charge in [-0.25, -0.2) is 13.2 Å². The number of hydrogen-bond acceptors (Lipinski definition) is 4. The van der Waals surface area contributed by atoms with E-state index in [1.807, 2.05) is 0 Å². The molecule has 27 heavy (non-hydrogen) atoms. The highest BCUT2D eigenvalue weighted by molar-refractivity contribution is 7.90. The van der Waals surface area contributed by atoms with E-state index in [0.29, 0.717) is 40.2 Å². The van der Waals surface area contributed by atoms with Crippen molar-refractivity contribution in [3.8, 4) is 0 Å². The number of carbonyl (C=O) groups is 1. The van der Waals surface area contributed by atoms with Gasteiger partial charge in [-0.15, -0.1) is 0 Å². The first-order chi connectivity index (χ1) is 12.8. The Morgan fingerprint density at radius 1 is 1.00 bits per heavy atom. The predicted molar refractivity (Wildman–Crippen MR) is 107 cm³/mol. The van der Waals surface area contributed by atoms with E-state index in [1.165, 1.54) is 18.2 Å². The zero-order valence-corrected chi connectivity index (χ0v) is 16.3. The number of urea groups is 1. The molecule has 7 nitrogen and oxygen atoms in total. The number of amidine groups is 1. The predicted octanol–water partition coefficient (Wildman–Crippen LogP) is 4.11.